The molecule has 0 N–H and O–H groups in total. The first-order valence-electron chi connectivity index (χ1n) is 3.50. The minimum Gasteiger partial charge on any atom is -0.358 e. The van der Waals surface area contributed by atoms with Crippen molar-refractivity contribution in [3.8, 4) is 6.07 Å². The first-order chi connectivity index (χ1) is 6.99. The number of hydrogen-bond donors (Lipinski definition) is 0. The molecule has 0 aliphatic heterocycles. The van der Waals surface area contributed by atoms with Gasteiger partial charge in [0.1, 0.15) is 17.2 Å². The van der Waals surface area contributed by atoms with Crippen molar-refractivity contribution in [1.29, 1.82) is 5.26 Å². The summed E-state index contributed by atoms with van der Waals surface area (Å²) in [7, 11) is 0. The minimum atomic E-state index is -3.15. The van der Waals surface area contributed by atoms with Crippen LogP contribution in [-0.4, -0.2) is 9.91 Å². The van der Waals surface area contributed by atoms with Crippen molar-refractivity contribution >= 4 is 17.4 Å². The van der Waals surface area contributed by atoms with Crippen LogP contribution in [0.15, 0.2) is 6.20 Å². The Hall–Kier alpha value is -1.81. The fraction of sp³-hybridized carbons (Fsp3) is 0.143. The van der Waals surface area contributed by atoms with Crippen LogP contribution in [0.5, 0.6) is 0 Å². The third kappa shape index (κ3) is 1.99. The van der Waals surface area contributed by atoms with Crippen LogP contribution in [0, 0.1) is 21.4 Å². The molecule has 8 heteroatoms. The number of pyridine rings is 1. The second kappa shape index (κ2) is 4.14. The Balaban J connectivity index is 3.53. The summed E-state index contributed by atoms with van der Waals surface area (Å²) < 4.78 is 24.9. The first-order valence-corrected chi connectivity index (χ1v) is 3.87. The summed E-state index contributed by atoms with van der Waals surface area (Å²) in [5.74, 6) is -1.03. The van der Waals surface area contributed by atoms with Crippen LogP contribution in [-0.2, 0) is 0 Å². The number of nitro groups is 1. The van der Waals surface area contributed by atoms with E-state index in [9.17, 15) is 18.9 Å². The van der Waals surface area contributed by atoms with Crippen LogP contribution >= 0.6 is 11.6 Å². The summed E-state index contributed by atoms with van der Waals surface area (Å²) in [5.41, 5.74) is -1.35. The summed E-state index contributed by atoms with van der Waals surface area (Å²) in [5, 5.41) is 18.2. The smallest absolute Gasteiger partial charge is 0.358 e. The molecule has 0 aliphatic carbocycles. The van der Waals surface area contributed by atoms with E-state index in [1.165, 1.54) is 6.07 Å². The second-order valence-electron chi connectivity index (χ2n) is 2.39. The van der Waals surface area contributed by atoms with Gasteiger partial charge >= 0.3 is 5.82 Å². The highest BCUT2D eigenvalue weighted by Crippen LogP contribution is 2.35. The summed E-state index contributed by atoms with van der Waals surface area (Å²) >= 11 is 5.41. The standard InChI is InChI=1S/C7H2ClF2N3O2/c8-5-3(1-11)2-12-7(13(14)15)4(5)6(9)10/h2,6H. The van der Waals surface area contributed by atoms with Crippen molar-refractivity contribution in [3.63, 3.8) is 0 Å². The fourth-order valence-corrected chi connectivity index (χ4v) is 1.17. The molecule has 5 nitrogen and oxygen atoms in total. The average molecular weight is 234 g/mol. The molecule has 0 fully saturated rings. The molecule has 1 rings (SSSR count). The molecular weight excluding hydrogens is 232 g/mol. The number of halogens is 3. The van der Waals surface area contributed by atoms with Crippen molar-refractivity contribution in [2.24, 2.45) is 0 Å². The molecular formula is C7H2ClF2N3O2. The summed E-state index contributed by atoms with van der Waals surface area (Å²) in [4.78, 5) is 12.4. The zero-order valence-electron chi connectivity index (χ0n) is 6.95. The van der Waals surface area contributed by atoms with E-state index in [-0.39, 0.29) is 5.56 Å². The SMILES string of the molecule is N#Cc1cnc([N+](=O)[O-])c(C(F)F)c1Cl. The quantitative estimate of drug-likeness (QED) is 0.580. The van der Waals surface area contributed by atoms with E-state index in [0.29, 0.717) is 0 Å². The predicted octanol–water partition coefficient (Wildman–Crippen LogP) is 2.45. The lowest BCUT2D eigenvalue weighted by Crippen LogP contribution is -2.01. The highest BCUT2D eigenvalue weighted by Gasteiger charge is 2.28. The maximum atomic E-state index is 12.4. The molecule has 0 aliphatic rings. The fourth-order valence-electron chi connectivity index (χ4n) is 0.912. The number of nitriles is 1. The van der Waals surface area contributed by atoms with E-state index < -0.39 is 27.8 Å². The van der Waals surface area contributed by atoms with Crippen molar-refractivity contribution in [3.05, 3.63) is 32.5 Å². The normalized spacial score (nSPS) is 10.1. The lowest BCUT2D eigenvalue weighted by molar-refractivity contribution is -0.391. The van der Waals surface area contributed by atoms with Gasteiger partial charge in [0.25, 0.3) is 6.43 Å². The van der Waals surface area contributed by atoms with Gasteiger partial charge in [0, 0.05) is 0 Å². The maximum absolute atomic E-state index is 12.4. The molecule has 78 valence electrons. The molecule has 0 amide bonds. The first kappa shape index (κ1) is 11.3. The highest BCUT2D eigenvalue weighted by molar-refractivity contribution is 6.32. The molecule has 0 radical (unpaired) electrons. The number of nitrogens with zero attached hydrogens (tertiary/aromatic N) is 3. The third-order valence-corrected chi connectivity index (χ3v) is 1.95. The van der Waals surface area contributed by atoms with Gasteiger partial charge < -0.3 is 10.1 Å². The monoisotopic (exact) mass is 233 g/mol. The molecule has 0 aromatic carbocycles. The van der Waals surface area contributed by atoms with E-state index in [2.05, 4.69) is 4.98 Å². The topological polar surface area (TPSA) is 79.8 Å². The van der Waals surface area contributed by atoms with Crippen LogP contribution in [0.3, 0.4) is 0 Å². The molecule has 0 saturated heterocycles. The van der Waals surface area contributed by atoms with Gasteiger partial charge in [-0.15, -0.1) is 0 Å². The Morgan fingerprint density at radius 3 is 2.67 bits per heavy atom. The van der Waals surface area contributed by atoms with Gasteiger partial charge in [0.05, 0.1) is 5.02 Å². The van der Waals surface area contributed by atoms with Crippen LogP contribution in [0.2, 0.25) is 5.02 Å². The Kier molecular flexibility index (Phi) is 3.11. The molecule has 0 unspecified atom stereocenters. The number of alkyl halides is 2. The van der Waals surface area contributed by atoms with Gasteiger partial charge in [-0.1, -0.05) is 11.6 Å². The lowest BCUT2D eigenvalue weighted by atomic mass is 10.2. The molecule has 0 bridgehead atoms. The zero-order valence-corrected chi connectivity index (χ0v) is 7.70. The number of aromatic nitrogens is 1. The van der Waals surface area contributed by atoms with Crippen LogP contribution in [0.4, 0.5) is 14.6 Å². The van der Waals surface area contributed by atoms with E-state index >= 15 is 0 Å². The molecule has 1 heterocycles. The van der Waals surface area contributed by atoms with Gasteiger partial charge in [0.15, 0.2) is 6.20 Å². The molecule has 1 aromatic rings. The zero-order chi connectivity index (χ0) is 11.6. The summed E-state index contributed by atoms with van der Waals surface area (Å²) in [6, 6.07) is 1.51. The molecule has 0 saturated carbocycles. The summed E-state index contributed by atoms with van der Waals surface area (Å²) in [6.07, 6.45) is -2.37. The van der Waals surface area contributed by atoms with Crippen molar-refractivity contribution in [2.75, 3.05) is 0 Å². The van der Waals surface area contributed by atoms with E-state index in [1.807, 2.05) is 0 Å². The van der Waals surface area contributed by atoms with E-state index in [0.717, 1.165) is 6.20 Å². The number of hydrogen-bond acceptors (Lipinski definition) is 4. The third-order valence-electron chi connectivity index (χ3n) is 1.54. The predicted molar refractivity (Wildman–Crippen MR) is 45.6 cm³/mol. The van der Waals surface area contributed by atoms with Gasteiger partial charge in [0.2, 0.25) is 0 Å². The average Bonchev–Trinajstić information content (AvgIpc) is 2.16. The second-order valence-corrected chi connectivity index (χ2v) is 2.77. The van der Waals surface area contributed by atoms with Crippen LogP contribution < -0.4 is 0 Å². The van der Waals surface area contributed by atoms with E-state index in [4.69, 9.17) is 16.9 Å². The highest BCUT2D eigenvalue weighted by atomic mass is 35.5. The van der Waals surface area contributed by atoms with Gasteiger partial charge in [-0.3, -0.25) is 0 Å². The summed E-state index contributed by atoms with van der Waals surface area (Å²) in [6.45, 7) is 0. The Morgan fingerprint density at radius 1 is 1.67 bits per heavy atom. The Labute approximate surface area is 87.1 Å². The van der Waals surface area contributed by atoms with Crippen molar-refractivity contribution in [2.45, 2.75) is 6.43 Å². The molecule has 0 atom stereocenters. The van der Waals surface area contributed by atoms with Gasteiger partial charge in [-0.05, 0) is 9.91 Å². The molecule has 0 spiro atoms. The Bertz CT molecular complexity index is 458. The molecule has 1 aromatic heterocycles. The lowest BCUT2D eigenvalue weighted by Gasteiger charge is -2.03. The molecule has 15 heavy (non-hydrogen) atoms. The van der Waals surface area contributed by atoms with Gasteiger partial charge in [-0.25, -0.2) is 8.78 Å². The van der Waals surface area contributed by atoms with Crippen molar-refractivity contribution < 1.29 is 13.7 Å². The number of rotatable bonds is 2. The van der Waals surface area contributed by atoms with Crippen molar-refractivity contribution in [1.82, 2.24) is 4.98 Å². The van der Waals surface area contributed by atoms with E-state index in [1.54, 1.807) is 0 Å². The van der Waals surface area contributed by atoms with Crippen LogP contribution in [0.25, 0.3) is 0 Å². The maximum Gasteiger partial charge on any atom is 0.374 e. The largest absolute Gasteiger partial charge is 0.374 e. The minimum absolute atomic E-state index is 0.322. The van der Waals surface area contributed by atoms with Crippen LogP contribution in [0.1, 0.15) is 17.6 Å². The van der Waals surface area contributed by atoms with Gasteiger partial charge in [-0.2, -0.15) is 5.26 Å². The Morgan fingerprint density at radius 2 is 2.27 bits per heavy atom.